The molecule has 0 aliphatic heterocycles. The Balaban J connectivity index is 2.98. The lowest BCUT2D eigenvalue weighted by Crippen LogP contribution is -2.38. The maximum absolute atomic E-state index is 12.4. The van der Waals surface area contributed by atoms with Crippen molar-refractivity contribution in [2.24, 2.45) is 5.41 Å². The molecule has 0 amide bonds. The van der Waals surface area contributed by atoms with E-state index in [4.69, 9.17) is 11.6 Å². The minimum atomic E-state index is -3.56. The second kappa shape index (κ2) is 7.58. The van der Waals surface area contributed by atoms with E-state index in [0.29, 0.717) is 16.9 Å². The Morgan fingerprint density at radius 3 is 2.35 bits per heavy atom. The molecule has 0 fully saturated rings. The molecule has 3 nitrogen and oxygen atoms in total. The lowest BCUT2D eigenvalue weighted by molar-refractivity contribution is 0.304. The zero-order chi connectivity index (χ0) is 15.4. The van der Waals surface area contributed by atoms with Gasteiger partial charge in [0.05, 0.1) is 4.90 Å². The summed E-state index contributed by atoms with van der Waals surface area (Å²) in [6, 6.07) is 5.06. The number of hydrogen-bond acceptors (Lipinski definition) is 2. The Morgan fingerprint density at radius 2 is 1.85 bits per heavy atom. The van der Waals surface area contributed by atoms with E-state index < -0.39 is 10.0 Å². The summed E-state index contributed by atoms with van der Waals surface area (Å²) in [5.74, 6) is 0.433. The van der Waals surface area contributed by atoms with Gasteiger partial charge in [-0.25, -0.2) is 13.1 Å². The first-order chi connectivity index (χ1) is 9.30. The number of rotatable bonds is 7. The maximum Gasteiger partial charge on any atom is 0.241 e. The quantitative estimate of drug-likeness (QED) is 0.624. The van der Waals surface area contributed by atoms with Crippen LogP contribution < -0.4 is 4.72 Å². The summed E-state index contributed by atoms with van der Waals surface area (Å²) in [6.45, 7) is 4.38. The van der Waals surface area contributed by atoms with Crippen LogP contribution in [-0.4, -0.2) is 20.8 Å². The van der Waals surface area contributed by atoms with Crippen molar-refractivity contribution in [2.75, 3.05) is 12.4 Å². The van der Waals surface area contributed by atoms with Crippen molar-refractivity contribution in [3.8, 4) is 0 Å². The molecule has 0 bridgehead atoms. The molecule has 0 spiro atoms. The average molecular weight is 448 g/mol. The summed E-state index contributed by atoms with van der Waals surface area (Å²) < 4.78 is 28.7. The first-order valence-corrected chi connectivity index (χ1v) is 9.91. The van der Waals surface area contributed by atoms with Gasteiger partial charge in [-0.05, 0) is 52.4 Å². The first-order valence-electron chi connectivity index (χ1n) is 6.31. The van der Waals surface area contributed by atoms with E-state index in [1.807, 2.05) is 13.8 Å². The Kier molecular flexibility index (Phi) is 6.99. The van der Waals surface area contributed by atoms with Crippen molar-refractivity contribution in [3.63, 3.8) is 0 Å². The molecule has 1 aromatic carbocycles. The van der Waals surface area contributed by atoms with Gasteiger partial charge in [-0.15, -0.1) is 11.6 Å². The molecule has 0 unspecified atom stereocenters. The van der Waals surface area contributed by atoms with Crippen LogP contribution in [0, 0.1) is 5.41 Å². The van der Waals surface area contributed by atoms with E-state index in [-0.39, 0.29) is 10.3 Å². The fourth-order valence-electron chi connectivity index (χ4n) is 1.75. The highest BCUT2D eigenvalue weighted by molar-refractivity contribution is 9.11. The van der Waals surface area contributed by atoms with Crippen molar-refractivity contribution in [1.29, 1.82) is 0 Å². The van der Waals surface area contributed by atoms with Crippen LogP contribution in [-0.2, 0) is 10.0 Å². The highest BCUT2D eigenvalue weighted by atomic mass is 79.9. The van der Waals surface area contributed by atoms with Crippen molar-refractivity contribution in [1.82, 2.24) is 4.72 Å². The van der Waals surface area contributed by atoms with Gasteiger partial charge in [0.25, 0.3) is 0 Å². The molecule has 0 heterocycles. The van der Waals surface area contributed by atoms with Gasteiger partial charge in [0, 0.05) is 21.4 Å². The predicted molar refractivity (Wildman–Crippen MR) is 90.8 cm³/mol. The number of hydrogen-bond donors (Lipinski definition) is 1. The molecule has 0 atom stereocenters. The van der Waals surface area contributed by atoms with Crippen LogP contribution in [0.3, 0.4) is 0 Å². The molecule has 1 aromatic rings. The lowest BCUT2D eigenvalue weighted by Gasteiger charge is -2.29. The van der Waals surface area contributed by atoms with Crippen LogP contribution in [0.25, 0.3) is 0 Å². The lowest BCUT2D eigenvalue weighted by atomic mass is 9.85. The zero-order valence-electron chi connectivity index (χ0n) is 11.4. The molecular formula is C13H18Br2ClNO2S. The highest BCUT2D eigenvalue weighted by Gasteiger charge is 2.28. The Labute approximate surface area is 142 Å². The topological polar surface area (TPSA) is 46.2 Å². The van der Waals surface area contributed by atoms with E-state index in [0.717, 1.165) is 17.3 Å². The molecule has 0 aliphatic rings. The largest absolute Gasteiger partial charge is 0.241 e. The molecule has 0 radical (unpaired) electrons. The molecular weight excluding hydrogens is 429 g/mol. The van der Waals surface area contributed by atoms with Gasteiger partial charge in [0.2, 0.25) is 10.0 Å². The van der Waals surface area contributed by atoms with Gasteiger partial charge in [-0.1, -0.05) is 29.8 Å². The summed E-state index contributed by atoms with van der Waals surface area (Å²) >= 11 is 12.6. The Hall–Kier alpha value is 0.380. The number of benzene rings is 1. The first kappa shape index (κ1) is 18.4. The van der Waals surface area contributed by atoms with Crippen LogP contribution in [0.4, 0.5) is 0 Å². The SMILES string of the molecule is CCC(CC)(CCl)CNS(=O)(=O)c1cc(Br)ccc1Br. The van der Waals surface area contributed by atoms with Crippen LogP contribution >= 0.6 is 43.5 Å². The molecule has 7 heteroatoms. The average Bonchev–Trinajstić information content (AvgIpc) is 2.43. The molecule has 0 aliphatic carbocycles. The van der Waals surface area contributed by atoms with Gasteiger partial charge in [-0.2, -0.15) is 0 Å². The summed E-state index contributed by atoms with van der Waals surface area (Å²) in [5, 5.41) is 0. The van der Waals surface area contributed by atoms with Crippen LogP contribution in [0.15, 0.2) is 32.0 Å². The van der Waals surface area contributed by atoms with E-state index in [1.54, 1.807) is 18.2 Å². The van der Waals surface area contributed by atoms with Crippen molar-refractivity contribution in [3.05, 3.63) is 27.1 Å². The number of alkyl halides is 1. The van der Waals surface area contributed by atoms with Crippen molar-refractivity contribution in [2.45, 2.75) is 31.6 Å². The van der Waals surface area contributed by atoms with Crippen LogP contribution in [0.2, 0.25) is 0 Å². The molecule has 1 rings (SSSR count). The number of halogens is 3. The minimum absolute atomic E-state index is 0.201. The fourth-order valence-corrected chi connectivity index (χ4v) is 4.87. The molecule has 0 saturated carbocycles. The van der Waals surface area contributed by atoms with Gasteiger partial charge in [-0.3, -0.25) is 0 Å². The third-order valence-electron chi connectivity index (χ3n) is 3.60. The summed E-state index contributed by atoms with van der Waals surface area (Å²) in [4.78, 5) is 0.225. The van der Waals surface area contributed by atoms with Gasteiger partial charge in [0.1, 0.15) is 0 Å². The van der Waals surface area contributed by atoms with Crippen molar-refractivity contribution >= 4 is 53.5 Å². The van der Waals surface area contributed by atoms with Crippen molar-refractivity contribution < 1.29 is 8.42 Å². The minimum Gasteiger partial charge on any atom is -0.211 e. The predicted octanol–water partition coefficient (Wildman–Crippen LogP) is 4.54. The molecule has 114 valence electrons. The smallest absolute Gasteiger partial charge is 0.211 e. The highest BCUT2D eigenvalue weighted by Crippen LogP contribution is 2.29. The van der Waals surface area contributed by atoms with E-state index >= 15 is 0 Å². The normalized spacial score (nSPS) is 12.7. The van der Waals surface area contributed by atoms with Gasteiger partial charge < -0.3 is 0 Å². The fraction of sp³-hybridized carbons (Fsp3) is 0.538. The van der Waals surface area contributed by atoms with Gasteiger partial charge in [0.15, 0.2) is 0 Å². The monoisotopic (exact) mass is 445 g/mol. The summed E-state index contributed by atoms with van der Waals surface area (Å²) in [7, 11) is -3.56. The van der Waals surface area contributed by atoms with E-state index in [2.05, 4.69) is 36.6 Å². The number of sulfonamides is 1. The molecule has 1 N–H and O–H groups in total. The summed E-state index contributed by atoms with van der Waals surface area (Å²) in [5.41, 5.74) is -0.201. The molecule has 20 heavy (non-hydrogen) atoms. The maximum atomic E-state index is 12.4. The Bertz CT molecular complexity index is 551. The zero-order valence-corrected chi connectivity index (χ0v) is 16.2. The van der Waals surface area contributed by atoms with Crippen LogP contribution in [0.1, 0.15) is 26.7 Å². The van der Waals surface area contributed by atoms with Crippen LogP contribution in [0.5, 0.6) is 0 Å². The van der Waals surface area contributed by atoms with E-state index in [9.17, 15) is 8.42 Å². The second-order valence-corrected chi connectivity index (χ2v) is 8.51. The summed E-state index contributed by atoms with van der Waals surface area (Å²) in [6.07, 6.45) is 1.66. The third kappa shape index (κ3) is 4.44. The standard InChI is InChI=1S/C13H18Br2ClNO2S/c1-3-13(4-2,8-16)9-17-20(18,19)12-7-10(14)5-6-11(12)15/h5-7,17H,3-4,8-9H2,1-2H3. The molecule has 0 aromatic heterocycles. The molecule has 0 saturated heterocycles. The van der Waals surface area contributed by atoms with Gasteiger partial charge >= 0.3 is 0 Å². The third-order valence-corrected chi connectivity index (χ3v) is 7.06. The number of nitrogens with one attached hydrogen (secondary N) is 1. The second-order valence-electron chi connectivity index (χ2n) is 4.74. The Morgan fingerprint density at radius 1 is 1.25 bits per heavy atom. The van der Waals surface area contributed by atoms with E-state index in [1.165, 1.54) is 0 Å².